The molecule has 2 aromatic rings. The Hall–Kier alpha value is -2.40. The van der Waals surface area contributed by atoms with Crippen molar-refractivity contribution in [3.8, 4) is 0 Å². The van der Waals surface area contributed by atoms with Crippen LogP contribution in [0.4, 0.5) is 14.9 Å². The van der Waals surface area contributed by atoms with Crippen molar-refractivity contribution in [3.63, 3.8) is 0 Å². The SMILES string of the molecule is Cc1ccc(N2C(=O)N(Cc3c(F)cccc3Cl)C(=O)[C@@H]2C)cc1. The van der Waals surface area contributed by atoms with E-state index in [2.05, 4.69) is 0 Å². The number of carbonyl (C=O) groups is 2. The summed E-state index contributed by atoms with van der Waals surface area (Å²) in [6.45, 7) is 3.41. The second-order valence-electron chi connectivity index (χ2n) is 5.79. The number of benzene rings is 2. The molecule has 0 N–H and O–H groups in total. The Morgan fingerprint density at radius 2 is 1.79 bits per heavy atom. The van der Waals surface area contributed by atoms with Crippen molar-refractivity contribution in [2.45, 2.75) is 26.4 Å². The molecule has 3 amide bonds. The molecule has 0 radical (unpaired) electrons. The molecule has 124 valence electrons. The summed E-state index contributed by atoms with van der Waals surface area (Å²) in [7, 11) is 0. The number of hydrogen-bond acceptors (Lipinski definition) is 2. The summed E-state index contributed by atoms with van der Waals surface area (Å²) in [6, 6.07) is 10.5. The Labute approximate surface area is 144 Å². The number of rotatable bonds is 3. The van der Waals surface area contributed by atoms with Crippen LogP contribution in [-0.2, 0) is 11.3 Å². The van der Waals surface area contributed by atoms with Crippen LogP contribution in [0.5, 0.6) is 0 Å². The molecular formula is C18H16ClFN2O2. The van der Waals surface area contributed by atoms with Gasteiger partial charge in [-0.15, -0.1) is 0 Å². The Balaban J connectivity index is 1.92. The van der Waals surface area contributed by atoms with Gasteiger partial charge in [-0.2, -0.15) is 0 Å². The third-order valence-corrected chi connectivity index (χ3v) is 4.49. The molecule has 6 heteroatoms. The summed E-state index contributed by atoms with van der Waals surface area (Å²) in [6.07, 6.45) is 0. The topological polar surface area (TPSA) is 40.6 Å². The minimum Gasteiger partial charge on any atom is -0.282 e. The van der Waals surface area contributed by atoms with Gasteiger partial charge in [0.1, 0.15) is 11.9 Å². The first-order valence-corrected chi connectivity index (χ1v) is 7.92. The molecule has 0 bridgehead atoms. The van der Waals surface area contributed by atoms with E-state index in [1.807, 2.05) is 19.1 Å². The number of imide groups is 1. The summed E-state index contributed by atoms with van der Waals surface area (Å²) in [5.41, 5.74) is 1.83. The number of urea groups is 1. The summed E-state index contributed by atoms with van der Waals surface area (Å²) in [5, 5.41) is 0.192. The van der Waals surface area contributed by atoms with Crippen LogP contribution in [0, 0.1) is 12.7 Å². The molecule has 0 unspecified atom stereocenters. The predicted molar refractivity (Wildman–Crippen MR) is 90.5 cm³/mol. The first-order valence-electron chi connectivity index (χ1n) is 7.54. The fourth-order valence-electron chi connectivity index (χ4n) is 2.75. The Bertz CT molecular complexity index is 787. The van der Waals surface area contributed by atoms with E-state index in [1.54, 1.807) is 19.1 Å². The summed E-state index contributed by atoms with van der Waals surface area (Å²) < 4.78 is 14.0. The Morgan fingerprint density at radius 3 is 2.42 bits per heavy atom. The first-order chi connectivity index (χ1) is 11.4. The van der Waals surface area contributed by atoms with Crippen molar-refractivity contribution in [3.05, 3.63) is 64.4 Å². The normalized spacial score (nSPS) is 17.8. The zero-order chi connectivity index (χ0) is 17.4. The van der Waals surface area contributed by atoms with E-state index >= 15 is 0 Å². The lowest BCUT2D eigenvalue weighted by molar-refractivity contribution is -0.127. The van der Waals surface area contributed by atoms with Gasteiger partial charge in [0.15, 0.2) is 0 Å². The monoisotopic (exact) mass is 346 g/mol. The minimum atomic E-state index is -0.647. The van der Waals surface area contributed by atoms with E-state index in [4.69, 9.17) is 11.6 Å². The molecule has 1 saturated heterocycles. The average molecular weight is 347 g/mol. The highest BCUT2D eigenvalue weighted by atomic mass is 35.5. The number of aryl methyl sites for hydroxylation is 1. The van der Waals surface area contributed by atoms with Gasteiger partial charge in [-0.05, 0) is 38.1 Å². The maximum atomic E-state index is 14.0. The number of nitrogens with zero attached hydrogens (tertiary/aromatic N) is 2. The van der Waals surface area contributed by atoms with Crippen molar-refractivity contribution in [1.82, 2.24) is 4.90 Å². The third-order valence-electron chi connectivity index (χ3n) is 4.14. The second kappa shape index (κ2) is 6.24. The van der Waals surface area contributed by atoms with Crippen molar-refractivity contribution < 1.29 is 14.0 Å². The molecule has 1 aliphatic rings. The molecule has 1 aliphatic heterocycles. The molecule has 0 aromatic heterocycles. The highest BCUT2D eigenvalue weighted by Gasteiger charge is 2.43. The number of amides is 3. The highest BCUT2D eigenvalue weighted by Crippen LogP contribution is 2.29. The van der Waals surface area contributed by atoms with Crippen LogP contribution in [0.1, 0.15) is 18.1 Å². The molecule has 1 fully saturated rings. The third kappa shape index (κ3) is 2.76. The van der Waals surface area contributed by atoms with Crippen molar-refractivity contribution in [1.29, 1.82) is 0 Å². The van der Waals surface area contributed by atoms with E-state index in [0.29, 0.717) is 5.69 Å². The number of anilines is 1. The summed E-state index contributed by atoms with van der Waals surface area (Å²) >= 11 is 6.01. The first kappa shape index (κ1) is 16.5. The zero-order valence-electron chi connectivity index (χ0n) is 13.3. The number of halogens is 2. The summed E-state index contributed by atoms with van der Waals surface area (Å²) in [4.78, 5) is 27.6. The van der Waals surface area contributed by atoms with Crippen molar-refractivity contribution in [2.75, 3.05) is 4.90 Å². The van der Waals surface area contributed by atoms with E-state index in [9.17, 15) is 14.0 Å². The van der Waals surface area contributed by atoms with Crippen LogP contribution < -0.4 is 4.90 Å². The van der Waals surface area contributed by atoms with Gasteiger partial charge < -0.3 is 0 Å². The fraction of sp³-hybridized carbons (Fsp3) is 0.222. The number of hydrogen-bond donors (Lipinski definition) is 0. The lowest BCUT2D eigenvalue weighted by atomic mass is 10.2. The van der Waals surface area contributed by atoms with Crippen LogP contribution >= 0.6 is 11.6 Å². The van der Waals surface area contributed by atoms with Gasteiger partial charge in [0.2, 0.25) is 0 Å². The zero-order valence-corrected chi connectivity index (χ0v) is 14.0. The molecule has 0 saturated carbocycles. The molecule has 0 spiro atoms. The van der Waals surface area contributed by atoms with Gasteiger partial charge in [-0.3, -0.25) is 14.6 Å². The van der Waals surface area contributed by atoms with Gasteiger partial charge >= 0.3 is 6.03 Å². The Morgan fingerprint density at radius 1 is 1.12 bits per heavy atom. The molecule has 3 rings (SSSR count). The number of carbonyl (C=O) groups excluding carboxylic acids is 2. The maximum absolute atomic E-state index is 14.0. The molecule has 1 atom stereocenters. The van der Waals surface area contributed by atoms with E-state index in [0.717, 1.165) is 10.5 Å². The van der Waals surface area contributed by atoms with Crippen LogP contribution in [0.25, 0.3) is 0 Å². The molecule has 0 aliphatic carbocycles. The second-order valence-corrected chi connectivity index (χ2v) is 6.20. The van der Waals surface area contributed by atoms with Crippen LogP contribution in [0.15, 0.2) is 42.5 Å². The highest BCUT2D eigenvalue weighted by molar-refractivity contribution is 6.31. The standard InChI is InChI=1S/C18H16ClFN2O2/c1-11-6-8-13(9-7-11)22-12(2)17(23)21(18(22)24)10-14-15(19)4-3-5-16(14)20/h3-9,12H,10H2,1-2H3/t12-/m0/s1. The van der Waals surface area contributed by atoms with Crippen LogP contribution in [-0.4, -0.2) is 22.9 Å². The molecular weight excluding hydrogens is 331 g/mol. The molecule has 1 heterocycles. The fourth-order valence-corrected chi connectivity index (χ4v) is 2.98. The largest absolute Gasteiger partial charge is 0.332 e. The van der Waals surface area contributed by atoms with Gasteiger partial charge in [-0.1, -0.05) is 35.4 Å². The van der Waals surface area contributed by atoms with Crippen molar-refractivity contribution in [2.24, 2.45) is 0 Å². The van der Waals surface area contributed by atoms with E-state index in [1.165, 1.54) is 23.1 Å². The van der Waals surface area contributed by atoms with Crippen molar-refractivity contribution >= 4 is 29.2 Å². The van der Waals surface area contributed by atoms with E-state index in [-0.39, 0.29) is 23.0 Å². The molecule has 4 nitrogen and oxygen atoms in total. The lowest BCUT2D eigenvalue weighted by Crippen LogP contribution is -2.33. The average Bonchev–Trinajstić information content (AvgIpc) is 2.75. The van der Waals surface area contributed by atoms with Crippen LogP contribution in [0.2, 0.25) is 5.02 Å². The van der Waals surface area contributed by atoms with Crippen LogP contribution in [0.3, 0.4) is 0 Å². The van der Waals surface area contributed by atoms with E-state index < -0.39 is 17.9 Å². The minimum absolute atomic E-state index is 0.138. The summed E-state index contributed by atoms with van der Waals surface area (Å²) in [5.74, 6) is -0.913. The Kier molecular flexibility index (Phi) is 4.28. The van der Waals surface area contributed by atoms with Gasteiger partial charge in [0.25, 0.3) is 5.91 Å². The van der Waals surface area contributed by atoms with Gasteiger partial charge in [-0.25, -0.2) is 9.18 Å². The lowest BCUT2D eigenvalue weighted by Gasteiger charge is -2.19. The van der Waals surface area contributed by atoms with Gasteiger partial charge in [0.05, 0.1) is 6.54 Å². The smallest absolute Gasteiger partial charge is 0.282 e. The molecule has 2 aromatic carbocycles. The quantitative estimate of drug-likeness (QED) is 0.783. The predicted octanol–water partition coefficient (Wildman–Crippen LogP) is 4.14. The molecule has 24 heavy (non-hydrogen) atoms. The maximum Gasteiger partial charge on any atom is 0.332 e. The van der Waals surface area contributed by atoms with Gasteiger partial charge in [0, 0.05) is 16.3 Å².